The molecule has 46 heavy (non-hydrogen) atoms. The largest absolute Gasteiger partial charge is 0.507 e. The van der Waals surface area contributed by atoms with Gasteiger partial charge in [-0.15, -0.1) is 0 Å². The van der Waals surface area contributed by atoms with Crippen molar-refractivity contribution in [3.05, 3.63) is 53.1 Å². The first-order chi connectivity index (χ1) is 21.4. The van der Waals surface area contributed by atoms with E-state index in [0.717, 1.165) is 24.5 Å². The van der Waals surface area contributed by atoms with E-state index >= 15 is 0 Å². The molecule has 3 unspecified atom stereocenters. The van der Waals surface area contributed by atoms with Gasteiger partial charge in [-0.3, -0.25) is 28.8 Å². The van der Waals surface area contributed by atoms with Crippen LogP contribution in [0, 0.1) is 40.4 Å². The predicted molar refractivity (Wildman–Crippen MR) is 171 cm³/mol. The van der Waals surface area contributed by atoms with Crippen LogP contribution in [0.2, 0.25) is 0 Å². The second-order valence-corrected chi connectivity index (χ2v) is 15.2. The number of Topliss-reactive ketones (excluding diaryl/α,β-unsaturated/α-hetero) is 6. The van der Waals surface area contributed by atoms with Crippen molar-refractivity contribution in [2.75, 3.05) is 0 Å². The Morgan fingerprint density at radius 3 is 2.13 bits per heavy atom. The average molecular weight is 629 g/mol. The van der Waals surface area contributed by atoms with Crippen LogP contribution in [0.3, 0.4) is 0 Å². The molecule has 0 aliphatic heterocycles. The lowest BCUT2D eigenvalue weighted by atomic mass is 9.40. The third kappa shape index (κ3) is 4.91. The number of rotatable bonds is 8. The van der Waals surface area contributed by atoms with Crippen molar-refractivity contribution in [3.63, 3.8) is 0 Å². The maximum Gasteiger partial charge on any atom is 0.190 e. The molecule has 2 fully saturated rings. The van der Waals surface area contributed by atoms with E-state index in [0.29, 0.717) is 29.9 Å². The minimum absolute atomic E-state index is 0.00440. The normalized spacial score (nSPS) is 30.7. The Bertz CT molecular complexity index is 1670. The Kier molecular flexibility index (Phi) is 8.38. The highest BCUT2D eigenvalue weighted by Gasteiger charge is 2.76. The summed E-state index contributed by atoms with van der Waals surface area (Å²) in [4.78, 5) is 81.3. The summed E-state index contributed by atoms with van der Waals surface area (Å²) in [7, 11) is 0. The van der Waals surface area contributed by atoms with Crippen molar-refractivity contribution in [1.82, 2.24) is 0 Å². The molecule has 5 rings (SSSR count). The lowest BCUT2D eigenvalue weighted by Gasteiger charge is -2.61. The number of carbonyl (C=O) groups is 6. The van der Waals surface area contributed by atoms with E-state index in [1.165, 1.54) is 6.07 Å². The number of carbonyl (C=O) groups excluding carboxylic acids is 6. The van der Waals surface area contributed by atoms with Gasteiger partial charge in [0.15, 0.2) is 28.7 Å². The molecular weight excluding hydrogens is 584 g/mol. The van der Waals surface area contributed by atoms with Gasteiger partial charge in [0.1, 0.15) is 23.2 Å². The fourth-order valence-corrected chi connectivity index (χ4v) is 8.98. The van der Waals surface area contributed by atoms with Crippen LogP contribution in [0.15, 0.2) is 36.4 Å². The monoisotopic (exact) mass is 628 g/mol. The highest BCUT2D eigenvalue weighted by molar-refractivity contribution is 6.32. The van der Waals surface area contributed by atoms with Gasteiger partial charge >= 0.3 is 0 Å². The van der Waals surface area contributed by atoms with Crippen molar-refractivity contribution in [3.8, 4) is 16.9 Å². The quantitative estimate of drug-likeness (QED) is 0.375. The molecule has 0 aromatic heterocycles. The molecule has 244 valence electrons. The highest BCUT2D eigenvalue weighted by Crippen LogP contribution is 2.64. The number of fused-ring (bicyclic) bond motifs is 3. The van der Waals surface area contributed by atoms with Gasteiger partial charge in [-0.05, 0) is 71.8 Å². The van der Waals surface area contributed by atoms with Gasteiger partial charge in [0.2, 0.25) is 0 Å². The first kappa shape index (κ1) is 33.6. The van der Waals surface area contributed by atoms with E-state index < -0.39 is 69.0 Å². The summed E-state index contributed by atoms with van der Waals surface area (Å²) in [6, 6.07) is 10.6. The smallest absolute Gasteiger partial charge is 0.190 e. The number of ketones is 6. The molecule has 0 bridgehead atoms. The number of aliphatic hydroxyl groups is 1. The average Bonchev–Trinajstić information content (AvgIpc) is 2.94. The first-order valence-corrected chi connectivity index (χ1v) is 16.2. The third-order valence-electron chi connectivity index (χ3n) is 10.9. The number of aromatic hydroxyl groups is 1. The molecular formula is C38H44O8. The van der Waals surface area contributed by atoms with Gasteiger partial charge in [0, 0.05) is 24.2 Å². The van der Waals surface area contributed by atoms with Crippen molar-refractivity contribution in [2.45, 2.75) is 86.2 Å². The van der Waals surface area contributed by atoms with Crippen molar-refractivity contribution in [2.24, 2.45) is 40.4 Å². The molecule has 2 aromatic carbocycles. The van der Waals surface area contributed by atoms with Crippen LogP contribution in [0.5, 0.6) is 5.75 Å². The molecule has 0 radical (unpaired) electrons. The molecule has 3 aliphatic carbocycles. The van der Waals surface area contributed by atoms with Crippen LogP contribution in [-0.2, 0) is 36.8 Å². The summed E-state index contributed by atoms with van der Waals surface area (Å²) in [6.07, 6.45) is 1.83. The van der Waals surface area contributed by atoms with E-state index in [1.807, 2.05) is 24.3 Å². The Morgan fingerprint density at radius 2 is 1.57 bits per heavy atom. The molecule has 0 heterocycles. The van der Waals surface area contributed by atoms with E-state index in [1.54, 1.807) is 33.8 Å². The highest BCUT2D eigenvalue weighted by atomic mass is 16.3. The Morgan fingerprint density at radius 1 is 0.935 bits per heavy atom. The van der Waals surface area contributed by atoms with Gasteiger partial charge in [0.25, 0.3) is 0 Å². The van der Waals surface area contributed by atoms with Crippen molar-refractivity contribution < 1.29 is 39.0 Å². The molecule has 3 aliphatic rings. The van der Waals surface area contributed by atoms with E-state index in [4.69, 9.17) is 0 Å². The Balaban J connectivity index is 1.59. The van der Waals surface area contributed by atoms with Crippen LogP contribution in [0.1, 0.15) is 89.2 Å². The van der Waals surface area contributed by atoms with Gasteiger partial charge in [-0.2, -0.15) is 0 Å². The van der Waals surface area contributed by atoms with Crippen LogP contribution in [0.25, 0.3) is 11.1 Å². The SMILES string of the molecule is CC(=O)C1C(=O)C(C(C)C)[C@@]2(C)C[C@@]3(C)Cc4c(-c5ccc(CC(=O)CCC(C)C)cc5)ccc(O)c4C(=O)C3C(=O)[C@@]2(O)C1=O. The lowest BCUT2D eigenvalue weighted by molar-refractivity contribution is -0.205. The molecule has 6 atom stereocenters. The summed E-state index contributed by atoms with van der Waals surface area (Å²) >= 11 is 0. The second-order valence-electron chi connectivity index (χ2n) is 15.2. The number of phenols is 1. The van der Waals surface area contributed by atoms with Gasteiger partial charge in [-0.1, -0.05) is 71.9 Å². The molecule has 2 saturated carbocycles. The number of hydrogen-bond acceptors (Lipinski definition) is 8. The number of benzene rings is 2. The fraction of sp³-hybridized carbons (Fsp3) is 0.526. The molecule has 0 saturated heterocycles. The summed E-state index contributed by atoms with van der Waals surface area (Å²) in [5.41, 5.74) is -2.56. The van der Waals surface area contributed by atoms with Crippen molar-refractivity contribution in [1.29, 1.82) is 0 Å². The van der Waals surface area contributed by atoms with Crippen LogP contribution < -0.4 is 0 Å². The maximum atomic E-state index is 14.5. The number of hydrogen-bond donors (Lipinski definition) is 2. The van der Waals surface area contributed by atoms with Gasteiger partial charge < -0.3 is 10.2 Å². The second kappa shape index (κ2) is 11.5. The topological polar surface area (TPSA) is 143 Å². The van der Waals surface area contributed by atoms with E-state index in [9.17, 15) is 39.0 Å². The van der Waals surface area contributed by atoms with Crippen LogP contribution in [0.4, 0.5) is 0 Å². The minimum atomic E-state index is -2.72. The Labute approximate surface area is 270 Å². The van der Waals surface area contributed by atoms with E-state index in [-0.39, 0.29) is 29.9 Å². The summed E-state index contributed by atoms with van der Waals surface area (Å²) in [6.45, 7) is 12.1. The van der Waals surface area contributed by atoms with Crippen LogP contribution in [-0.4, -0.2) is 50.5 Å². The summed E-state index contributed by atoms with van der Waals surface area (Å²) in [5.74, 6) is -8.54. The third-order valence-corrected chi connectivity index (χ3v) is 10.9. The van der Waals surface area contributed by atoms with Crippen LogP contribution >= 0.6 is 0 Å². The standard InChI is InChI=1S/C38H44O8/c1-19(2)8-13-24(40)16-22-9-11-23(12-10-22)25-14-15-27(41)29-26(25)17-36(6)18-37(7)30(20(3)4)32(42)28(21(5)39)34(44)38(37,46)35(45)31(36)33(29)43/h9-12,14-15,19-20,28,30-31,41,46H,8,13,16-18H2,1-7H3/t28?,30?,31?,36-,37-,38+/m1/s1. The molecule has 0 amide bonds. The fourth-order valence-electron chi connectivity index (χ4n) is 8.98. The first-order valence-electron chi connectivity index (χ1n) is 16.2. The zero-order chi connectivity index (χ0) is 34.1. The predicted octanol–water partition coefficient (Wildman–Crippen LogP) is 5.31. The summed E-state index contributed by atoms with van der Waals surface area (Å²) in [5, 5.41) is 23.1. The van der Waals surface area contributed by atoms with Crippen molar-refractivity contribution >= 4 is 34.7 Å². The molecule has 2 aromatic rings. The summed E-state index contributed by atoms with van der Waals surface area (Å²) < 4.78 is 0. The Hall–Kier alpha value is -3.78. The van der Waals surface area contributed by atoms with E-state index in [2.05, 4.69) is 13.8 Å². The van der Waals surface area contributed by atoms with Gasteiger partial charge in [-0.25, -0.2) is 0 Å². The zero-order valence-corrected chi connectivity index (χ0v) is 27.7. The molecule has 8 heteroatoms. The maximum absolute atomic E-state index is 14.5. The minimum Gasteiger partial charge on any atom is -0.507 e. The molecule has 0 spiro atoms. The molecule has 8 nitrogen and oxygen atoms in total. The van der Waals surface area contributed by atoms with Gasteiger partial charge in [0.05, 0.1) is 11.5 Å². The zero-order valence-electron chi connectivity index (χ0n) is 27.7. The number of phenolic OH excluding ortho intramolecular Hbond substituents is 1. The molecule has 2 N–H and O–H groups in total. The lowest BCUT2D eigenvalue weighted by Crippen LogP contribution is -2.76.